The quantitative estimate of drug-likeness (QED) is 0.709. The molecular weight excluding hydrogens is 320 g/mol. The van der Waals surface area contributed by atoms with Crippen LogP contribution >= 0.6 is 0 Å². The zero-order valence-electron chi connectivity index (χ0n) is 13.9. The molecule has 0 aliphatic rings. The minimum Gasteiger partial charge on any atom is -0.419 e. The van der Waals surface area contributed by atoms with Crippen molar-refractivity contribution in [3.63, 3.8) is 0 Å². The van der Waals surface area contributed by atoms with Gasteiger partial charge in [-0.05, 0) is 25.1 Å². The Morgan fingerprint density at radius 3 is 2.72 bits per heavy atom. The molecule has 0 N–H and O–H groups in total. The van der Waals surface area contributed by atoms with Crippen LogP contribution in [-0.4, -0.2) is 21.9 Å². The molecule has 3 aromatic rings. The molecule has 7 nitrogen and oxygen atoms in total. The molecule has 0 atom stereocenters. The summed E-state index contributed by atoms with van der Waals surface area (Å²) in [4.78, 5) is 12.6. The van der Waals surface area contributed by atoms with Crippen LogP contribution in [0.4, 0.5) is 0 Å². The van der Waals surface area contributed by atoms with E-state index in [0.29, 0.717) is 23.0 Å². The van der Waals surface area contributed by atoms with Gasteiger partial charge in [-0.25, -0.2) is 0 Å². The van der Waals surface area contributed by atoms with E-state index in [1.807, 2.05) is 36.4 Å². The maximum Gasteiger partial charge on any atom is 0.269 e. The van der Waals surface area contributed by atoms with Crippen molar-refractivity contribution in [1.82, 2.24) is 14.8 Å². The molecule has 3 rings (SSSR count). The van der Waals surface area contributed by atoms with Crippen molar-refractivity contribution in [1.29, 1.82) is 5.26 Å². The summed E-state index contributed by atoms with van der Waals surface area (Å²) in [5, 5.41) is 17.3. The Balaban J connectivity index is 1.95. The first-order chi connectivity index (χ1) is 12.1. The second-order valence-corrected chi connectivity index (χ2v) is 5.49. The number of nitrogens with zero attached hydrogens (tertiary/aromatic N) is 4. The molecule has 2 aromatic heterocycles. The van der Waals surface area contributed by atoms with Gasteiger partial charge in [-0.15, -0.1) is 10.2 Å². The van der Waals surface area contributed by atoms with Gasteiger partial charge in [0.15, 0.2) is 0 Å². The zero-order chi connectivity index (χ0) is 17.8. The first-order valence-corrected chi connectivity index (χ1v) is 7.64. The van der Waals surface area contributed by atoms with Gasteiger partial charge in [0.2, 0.25) is 11.8 Å². The molecule has 0 radical (unpaired) electrons. The number of ether oxygens (including phenoxy) is 1. The van der Waals surface area contributed by atoms with Gasteiger partial charge in [0, 0.05) is 23.9 Å². The number of methoxy groups -OCH3 is 1. The lowest BCUT2D eigenvalue weighted by Gasteiger charge is -2.11. The average molecular weight is 336 g/mol. The van der Waals surface area contributed by atoms with Crippen LogP contribution in [0.3, 0.4) is 0 Å². The normalized spacial score (nSPS) is 10.6. The van der Waals surface area contributed by atoms with Crippen LogP contribution in [0, 0.1) is 18.3 Å². The summed E-state index contributed by atoms with van der Waals surface area (Å²) >= 11 is 0. The number of pyridine rings is 1. The van der Waals surface area contributed by atoms with E-state index in [9.17, 15) is 10.1 Å². The molecular formula is C18H16N4O3. The van der Waals surface area contributed by atoms with Gasteiger partial charge in [-0.3, -0.25) is 4.79 Å². The fourth-order valence-electron chi connectivity index (χ4n) is 2.57. The topological polar surface area (TPSA) is 93.9 Å². The molecule has 1 aromatic carbocycles. The van der Waals surface area contributed by atoms with E-state index < -0.39 is 5.56 Å². The number of aryl methyl sites for hydroxylation is 1. The molecule has 0 saturated carbocycles. The number of nitriles is 1. The van der Waals surface area contributed by atoms with E-state index in [4.69, 9.17) is 9.15 Å². The largest absolute Gasteiger partial charge is 0.419 e. The van der Waals surface area contributed by atoms with Gasteiger partial charge in [0.1, 0.15) is 18.2 Å². The monoisotopic (exact) mass is 336 g/mol. The predicted octanol–water partition coefficient (Wildman–Crippen LogP) is 2.27. The van der Waals surface area contributed by atoms with Crippen molar-refractivity contribution in [2.75, 3.05) is 7.11 Å². The van der Waals surface area contributed by atoms with E-state index >= 15 is 0 Å². The summed E-state index contributed by atoms with van der Waals surface area (Å²) in [6.45, 7) is 2.10. The van der Waals surface area contributed by atoms with Crippen molar-refractivity contribution in [2.24, 2.45) is 0 Å². The molecule has 7 heteroatoms. The van der Waals surface area contributed by atoms with Crippen LogP contribution in [0.25, 0.3) is 11.5 Å². The lowest BCUT2D eigenvalue weighted by atomic mass is 10.1. The molecule has 0 saturated heterocycles. The summed E-state index contributed by atoms with van der Waals surface area (Å²) in [6.07, 6.45) is 0. The van der Waals surface area contributed by atoms with Crippen molar-refractivity contribution >= 4 is 0 Å². The summed E-state index contributed by atoms with van der Waals surface area (Å²) in [5.74, 6) is 0.685. The fraction of sp³-hybridized carbons (Fsp3) is 0.222. The molecule has 126 valence electrons. The molecule has 2 heterocycles. The maximum atomic E-state index is 12.6. The second kappa shape index (κ2) is 7.11. The van der Waals surface area contributed by atoms with Crippen molar-refractivity contribution in [3.8, 4) is 17.5 Å². The average Bonchev–Trinajstić information content (AvgIpc) is 3.08. The molecule has 0 aliphatic carbocycles. The third-order valence-electron chi connectivity index (χ3n) is 3.78. The van der Waals surface area contributed by atoms with Crippen LogP contribution < -0.4 is 5.56 Å². The number of hydrogen-bond acceptors (Lipinski definition) is 6. The van der Waals surface area contributed by atoms with E-state index in [-0.39, 0.29) is 18.7 Å². The van der Waals surface area contributed by atoms with Crippen LogP contribution in [0.5, 0.6) is 0 Å². The maximum absolute atomic E-state index is 12.6. The van der Waals surface area contributed by atoms with Crippen LogP contribution in [0.1, 0.15) is 22.7 Å². The minimum absolute atomic E-state index is 0.0650. The Bertz CT molecular complexity index is 984. The summed E-state index contributed by atoms with van der Waals surface area (Å²) in [5.41, 5.74) is 1.73. The third kappa shape index (κ3) is 3.34. The lowest BCUT2D eigenvalue weighted by molar-refractivity contribution is 0.184. The first kappa shape index (κ1) is 16.6. The zero-order valence-corrected chi connectivity index (χ0v) is 13.9. The standard InChI is InChI=1S/C18H16N4O3/c1-12-8-14(11-24-2)15(9-19)18(23)22(12)10-16-20-21-17(25-16)13-6-4-3-5-7-13/h3-8H,10-11H2,1-2H3. The number of aromatic nitrogens is 3. The molecule has 0 bridgehead atoms. The van der Waals surface area contributed by atoms with Gasteiger partial charge in [0.05, 0.1) is 6.61 Å². The molecule has 0 fully saturated rings. The Kier molecular flexibility index (Phi) is 4.73. The van der Waals surface area contributed by atoms with Crippen molar-refractivity contribution in [3.05, 3.63) is 69.5 Å². The smallest absolute Gasteiger partial charge is 0.269 e. The number of benzene rings is 1. The van der Waals surface area contributed by atoms with Crippen LogP contribution in [0.15, 0.2) is 45.6 Å². The molecule has 0 unspecified atom stereocenters. The minimum atomic E-state index is -0.394. The molecule has 0 spiro atoms. The van der Waals surface area contributed by atoms with Crippen molar-refractivity contribution < 1.29 is 9.15 Å². The highest BCUT2D eigenvalue weighted by atomic mass is 16.5. The highest BCUT2D eigenvalue weighted by Gasteiger charge is 2.15. The van der Waals surface area contributed by atoms with E-state index in [1.165, 1.54) is 11.7 Å². The van der Waals surface area contributed by atoms with Gasteiger partial charge in [-0.2, -0.15) is 5.26 Å². The molecule has 25 heavy (non-hydrogen) atoms. The summed E-state index contributed by atoms with van der Waals surface area (Å²) in [6, 6.07) is 13.1. The molecule has 0 aliphatic heterocycles. The fourth-order valence-corrected chi connectivity index (χ4v) is 2.57. The van der Waals surface area contributed by atoms with E-state index in [2.05, 4.69) is 10.2 Å². The first-order valence-electron chi connectivity index (χ1n) is 7.64. The van der Waals surface area contributed by atoms with Gasteiger partial charge in [0.25, 0.3) is 5.56 Å². The van der Waals surface area contributed by atoms with Gasteiger partial charge in [-0.1, -0.05) is 18.2 Å². The van der Waals surface area contributed by atoms with Gasteiger partial charge < -0.3 is 13.7 Å². The Morgan fingerprint density at radius 1 is 1.28 bits per heavy atom. The second-order valence-electron chi connectivity index (χ2n) is 5.49. The number of rotatable bonds is 5. The van der Waals surface area contributed by atoms with Crippen LogP contribution in [-0.2, 0) is 17.9 Å². The summed E-state index contributed by atoms with van der Waals surface area (Å²) < 4.78 is 12.1. The van der Waals surface area contributed by atoms with E-state index in [1.54, 1.807) is 13.0 Å². The molecule has 0 amide bonds. The SMILES string of the molecule is COCc1cc(C)n(Cc2nnc(-c3ccccc3)o2)c(=O)c1C#N. The van der Waals surface area contributed by atoms with Crippen LogP contribution in [0.2, 0.25) is 0 Å². The lowest BCUT2D eigenvalue weighted by Crippen LogP contribution is -2.27. The predicted molar refractivity (Wildman–Crippen MR) is 89.7 cm³/mol. The Labute approximate surface area is 144 Å². The van der Waals surface area contributed by atoms with E-state index in [0.717, 1.165) is 5.56 Å². The number of hydrogen-bond donors (Lipinski definition) is 0. The Hall–Kier alpha value is -3.24. The Morgan fingerprint density at radius 2 is 2.04 bits per heavy atom. The summed E-state index contributed by atoms with van der Waals surface area (Å²) in [7, 11) is 1.52. The van der Waals surface area contributed by atoms with Gasteiger partial charge >= 0.3 is 0 Å². The highest BCUT2D eigenvalue weighted by Crippen LogP contribution is 2.17. The van der Waals surface area contributed by atoms with Crippen molar-refractivity contribution in [2.45, 2.75) is 20.1 Å². The third-order valence-corrected chi connectivity index (χ3v) is 3.78. The highest BCUT2D eigenvalue weighted by molar-refractivity contribution is 5.51.